The second kappa shape index (κ2) is 6.66. The minimum atomic E-state index is -2.41. The van der Waals surface area contributed by atoms with Gasteiger partial charge < -0.3 is 19.5 Å². The van der Waals surface area contributed by atoms with Gasteiger partial charge in [0.2, 0.25) is 0 Å². The summed E-state index contributed by atoms with van der Waals surface area (Å²) in [6, 6.07) is 0. The Hall–Kier alpha value is -1.27. The highest BCUT2D eigenvalue weighted by atomic mass is 16.4. The lowest BCUT2D eigenvalue weighted by atomic mass is 9.71. The normalized spacial score (nSPS) is 22.1. The van der Waals surface area contributed by atoms with Crippen molar-refractivity contribution in [1.29, 1.82) is 0 Å². The molecular formula is C15H25NO5. The Kier molecular flexibility index (Phi) is 5.64. The maximum atomic E-state index is 12.4. The molecule has 1 fully saturated rings. The highest BCUT2D eigenvalue weighted by Crippen LogP contribution is 2.32. The first-order valence-electron chi connectivity index (χ1n) is 7.39. The third-order valence-corrected chi connectivity index (χ3v) is 3.98. The number of carboxylic acid groups (broad SMARTS) is 1. The van der Waals surface area contributed by atoms with Crippen LogP contribution in [0, 0.1) is 5.41 Å². The van der Waals surface area contributed by atoms with Crippen LogP contribution in [0.5, 0.6) is 0 Å². The Bertz CT molecular complexity index is 404. The van der Waals surface area contributed by atoms with Crippen molar-refractivity contribution < 1.29 is 29.1 Å². The van der Waals surface area contributed by atoms with Crippen LogP contribution in [0.3, 0.4) is 0 Å². The highest BCUT2D eigenvalue weighted by Gasteiger charge is 2.53. The van der Waals surface area contributed by atoms with Crippen LogP contribution in [0.25, 0.3) is 0 Å². The fourth-order valence-electron chi connectivity index (χ4n) is 2.87. The van der Waals surface area contributed by atoms with Gasteiger partial charge in [0.15, 0.2) is 17.0 Å². The molecule has 0 saturated heterocycles. The zero-order valence-electron chi connectivity index (χ0n) is 13.1. The average Bonchev–Trinajstić information content (AvgIpc) is 2.37. The highest BCUT2D eigenvalue weighted by molar-refractivity contribution is 6.22. The van der Waals surface area contributed by atoms with Gasteiger partial charge >= 0.3 is 0 Å². The van der Waals surface area contributed by atoms with Gasteiger partial charge in [0, 0.05) is 12.8 Å². The number of carbonyl (C=O) groups is 3. The molecular weight excluding hydrogens is 274 g/mol. The van der Waals surface area contributed by atoms with Gasteiger partial charge in [-0.3, -0.25) is 9.59 Å². The smallest absolute Gasteiger partial charge is 0.158 e. The van der Waals surface area contributed by atoms with Crippen molar-refractivity contribution in [3.8, 4) is 0 Å². The molecule has 1 saturated carbocycles. The summed E-state index contributed by atoms with van der Waals surface area (Å²) in [4.78, 5) is 36.5. The largest absolute Gasteiger partial charge is 0.548 e. The molecule has 1 rings (SSSR count). The molecule has 1 unspecified atom stereocenters. The summed E-state index contributed by atoms with van der Waals surface area (Å²) in [7, 11) is 5.28. The van der Waals surface area contributed by atoms with Gasteiger partial charge in [-0.1, -0.05) is 12.8 Å². The molecule has 120 valence electrons. The lowest BCUT2D eigenvalue weighted by Gasteiger charge is -2.38. The van der Waals surface area contributed by atoms with E-state index in [0.717, 1.165) is 12.8 Å². The van der Waals surface area contributed by atoms with E-state index in [4.69, 9.17) is 0 Å². The molecule has 1 atom stereocenters. The van der Waals surface area contributed by atoms with Gasteiger partial charge in [0.05, 0.1) is 27.1 Å². The van der Waals surface area contributed by atoms with Crippen LogP contribution in [0.1, 0.15) is 38.5 Å². The number of ketones is 2. The molecule has 0 aromatic carbocycles. The number of hydrogen-bond donors (Lipinski definition) is 1. The number of aliphatic carboxylic acids is 1. The van der Waals surface area contributed by atoms with Crippen molar-refractivity contribution in [2.24, 2.45) is 5.41 Å². The second-order valence-electron chi connectivity index (χ2n) is 6.84. The Morgan fingerprint density at radius 3 is 1.90 bits per heavy atom. The van der Waals surface area contributed by atoms with E-state index in [2.05, 4.69) is 0 Å². The number of nitrogens with zero attached hydrogens (tertiary/aromatic N) is 1. The van der Waals surface area contributed by atoms with E-state index in [1.807, 2.05) is 0 Å². The van der Waals surface area contributed by atoms with E-state index >= 15 is 0 Å². The minimum Gasteiger partial charge on any atom is -0.548 e. The van der Waals surface area contributed by atoms with Crippen molar-refractivity contribution in [2.75, 3.05) is 27.7 Å². The van der Waals surface area contributed by atoms with Crippen molar-refractivity contribution in [2.45, 2.75) is 44.6 Å². The van der Waals surface area contributed by atoms with Crippen LogP contribution in [0.2, 0.25) is 0 Å². The molecule has 0 aromatic heterocycles. The van der Waals surface area contributed by atoms with Crippen molar-refractivity contribution in [3.05, 3.63) is 0 Å². The van der Waals surface area contributed by atoms with Crippen molar-refractivity contribution in [3.63, 3.8) is 0 Å². The molecule has 21 heavy (non-hydrogen) atoms. The molecule has 1 N–H and O–H groups in total. The Morgan fingerprint density at radius 1 is 1.14 bits per heavy atom. The topological polar surface area (TPSA) is 94.5 Å². The number of aliphatic hydroxyl groups excluding tert-OH is 1. The van der Waals surface area contributed by atoms with Crippen molar-refractivity contribution >= 4 is 17.5 Å². The van der Waals surface area contributed by atoms with Crippen LogP contribution >= 0.6 is 0 Å². The van der Waals surface area contributed by atoms with E-state index in [1.165, 1.54) is 0 Å². The summed E-state index contributed by atoms with van der Waals surface area (Å²) in [5.74, 6) is -3.19. The number of aliphatic hydroxyl groups is 1. The number of carboxylic acids is 1. The van der Waals surface area contributed by atoms with E-state index < -0.39 is 29.1 Å². The summed E-state index contributed by atoms with van der Waals surface area (Å²) < 4.78 is 0.247. The summed E-state index contributed by atoms with van der Waals surface area (Å²) >= 11 is 0. The SMILES string of the molecule is C[N+](C)(C)CC(O)C1(C(=O)[O-])C(=O)CCCCCCC1=O. The molecule has 0 radical (unpaired) electrons. The zero-order valence-corrected chi connectivity index (χ0v) is 13.1. The monoisotopic (exact) mass is 299 g/mol. The van der Waals surface area contributed by atoms with E-state index in [-0.39, 0.29) is 23.9 Å². The molecule has 0 aliphatic heterocycles. The van der Waals surface area contributed by atoms with Gasteiger partial charge in [-0.2, -0.15) is 0 Å². The summed E-state index contributed by atoms with van der Waals surface area (Å²) in [6.45, 7) is -0.00847. The molecule has 0 amide bonds. The van der Waals surface area contributed by atoms with Gasteiger partial charge in [-0.05, 0) is 12.8 Å². The summed E-state index contributed by atoms with van der Waals surface area (Å²) in [5, 5.41) is 22.1. The molecule has 0 bridgehead atoms. The number of Topliss-reactive ketones (excluding diaryl/α,β-unsaturated/α-hetero) is 2. The molecule has 1 aliphatic rings. The average molecular weight is 299 g/mol. The predicted octanol–water partition coefficient (Wildman–Crippen LogP) is -0.718. The van der Waals surface area contributed by atoms with Crippen LogP contribution in [0.4, 0.5) is 0 Å². The van der Waals surface area contributed by atoms with E-state index in [9.17, 15) is 24.6 Å². The van der Waals surface area contributed by atoms with Crippen LogP contribution < -0.4 is 5.11 Å². The molecule has 6 heteroatoms. The first kappa shape index (κ1) is 17.8. The Labute approximate surface area is 125 Å². The van der Waals surface area contributed by atoms with Crippen LogP contribution in [-0.4, -0.2) is 60.9 Å². The van der Waals surface area contributed by atoms with Gasteiger partial charge in [-0.25, -0.2) is 0 Å². The summed E-state index contributed by atoms with van der Waals surface area (Å²) in [5.41, 5.74) is -2.41. The minimum absolute atomic E-state index is 0.00603. The van der Waals surface area contributed by atoms with Gasteiger partial charge in [-0.15, -0.1) is 0 Å². The lowest BCUT2D eigenvalue weighted by Crippen LogP contribution is -2.63. The third-order valence-electron chi connectivity index (χ3n) is 3.98. The number of hydrogen-bond acceptors (Lipinski definition) is 5. The molecule has 1 aliphatic carbocycles. The fourth-order valence-corrected chi connectivity index (χ4v) is 2.87. The first-order chi connectivity index (χ1) is 9.62. The number of carbonyl (C=O) groups excluding carboxylic acids is 3. The standard InChI is InChI=1S/C15H25NO5/c1-16(2,3)10-13(19)15(14(20)21)11(17)8-6-4-5-7-9-12(15)18/h13,19H,4-10H2,1-3H3. The molecule has 6 nitrogen and oxygen atoms in total. The van der Waals surface area contributed by atoms with Gasteiger partial charge in [0.25, 0.3) is 0 Å². The van der Waals surface area contributed by atoms with E-state index in [1.54, 1.807) is 21.1 Å². The number of likely N-dealkylation sites (N-methyl/N-ethyl adjacent to an activating group) is 1. The fraction of sp³-hybridized carbons (Fsp3) is 0.800. The lowest BCUT2D eigenvalue weighted by molar-refractivity contribution is -0.874. The molecule has 0 aromatic rings. The quantitative estimate of drug-likeness (QED) is 0.546. The zero-order chi connectivity index (χ0) is 16.3. The van der Waals surface area contributed by atoms with Crippen LogP contribution in [0.15, 0.2) is 0 Å². The second-order valence-corrected chi connectivity index (χ2v) is 6.84. The van der Waals surface area contributed by atoms with Crippen molar-refractivity contribution in [1.82, 2.24) is 0 Å². The van der Waals surface area contributed by atoms with Crippen LogP contribution in [-0.2, 0) is 14.4 Å². The van der Waals surface area contributed by atoms with Gasteiger partial charge in [0.1, 0.15) is 12.6 Å². The first-order valence-corrected chi connectivity index (χ1v) is 7.39. The Morgan fingerprint density at radius 2 is 1.57 bits per heavy atom. The maximum Gasteiger partial charge on any atom is 0.158 e. The summed E-state index contributed by atoms with van der Waals surface area (Å²) in [6.07, 6.45) is 1.07. The molecule has 0 heterocycles. The molecule has 0 spiro atoms. The Balaban J connectivity index is 3.26. The number of quaternary nitrogens is 1. The number of rotatable bonds is 4. The predicted molar refractivity (Wildman–Crippen MR) is 74.1 cm³/mol. The van der Waals surface area contributed by atoms with E-state index in [0.29, 0.717) is 12.8 Å². The maximum absolute atomic E-state index is 12.4. The third kappa shape index (κ3) is 3.89.